The number of benzene rings is 2. The number of amides is 1. The number of carbonyl (C=O) groups excluding carboxylic acids is 1. The summed E-state index contributed by atoms with van der Waals surface area (Å²) in [7, 11) is 1.69. The number of ether oxygens (including phenoxy) is 2. The first-order valence-electron chi connectivity index (χ1n) is 9.12. The van der Waals surface area contributed by atoms with E-state index in [1.165, 1.54) is 0 Å². The van der Waals surface area contributed by atoms with Crippen LogP contribution in [0.5, 0.6) is 11.5 Å². The lowest BCUT2D eigenvalue weighted by Gasteiger charge is -2.41. The molecular formula is C21H24N2O3. The number of fused-ring (bicyclic) bond motifs is 1. The maximum Gasteiger partial charge on any atom is 0.254 e. The van der Waals surface area contributed by atoms with Crippen LogP contribution >= 0.6 is 0 Å². The van der Waals surface area contributed by atoms with E-state index in [1.807, 2.05) is 41.3 Å². The van der Waals surface area contributed by atoms with Gasteiger partial charge in [0.05, 0.1) is 19.4 Å². The van der Waals surface area contributed by atoms with Gasteiger partial charge in [0.15, 0.2) is 0 Å². The van der Waals surface area contributed by atoms with Crippen LogP contribution < -0.4 is 14.4 Å². The lowest BCUT2D eigenvalue weighted by Crippen LogP contribution is -2.54. The highest BCUT2D eigenvalue weighted by Crippen LogP contribution is 2.30. The Labute approximate surface area is 154 Å². The van der Waals surface area contributed by atoms with E-state index in [1.54, 1.807) is 7.11 Å². The number of carbonyl (C=O) groups is 1. The summed E-state index contributed by atoms with van der Waals surface area (Å²) >= 11 is 0. The van der Waals surface area contributed by atoms with Crippen molar-refractivity contribution in [3.05, 3.63) is 53.6 Å². The highest BCUT2D eigenvalue weighted by molar-refractivity contribution is 5.95. The first kappa shape index (κ1) is 16.8. The Morgan fingerprint density at radius 3 is 2.85 bits per heavy atom. The molecule has 1 saturated heterocycles. The maximum atomic E-state index is 13.0. The van der Waals surface area contributed by atoms with Gasteiger partial charge in [0, 0.05) is 37.7 Å². The van der Waals surface area contributed by atoms with Crippen molar-refractivity contribution in [1.29, 1.82) is 0 Å². The summed E-state index contributed by atoms with van der Waals surface area (Å²) in [6.45, 7) is 5.10. The Hall–Kier alpha value is -2.69. The van der Waals surface area contributed by atoms with Crippen molar-refractivity contribution < 1.29 is 14.3 Å². The Morgan fingerprint density at radius 1 is 1.19 bits per heavy atom. The van der Waals surface area contributed by atoms with Crippen LogP contribution in [0.1, 0.15) is 22.8 Å². The smallest absolute Gasteiger partial charge is 0.254 e. The van der Waals surface area contributed by atoms with Gasteiger partial charge in [-0.1, -0.05) is 12.1 Å². The average Bonchev–Trinajstić information content (AvgIpc) is 3.15. The molecule has 4 rings (SSSR count). The van der Waals surface area contributed by atoms with Gasteiger partial charge in [-0.3, -0.25) is 4.79 Å². The molecule has 0 unspecified atom stereocenters. The van der Waals surface area contributed by atoms with Crippen LogP contribution in [0.3, 0.4) is 0 Å². The van der Waals surface area contributed by atoms with E-state index < -0.39 is 0 Å². The SMILES string of the molecule is COc1ccccc1N1CCN(C(=O)c2ccc3c(c2)CCO3)[C@@H](C)C1. The minimum absolute atomic E-state index is 0.104. The minimum atomic E-state index is 0.104. The highest BCUT2D eigenvalue weighted by Gasteiger charge is 2.29. The van der Waals surface area contributed by atoms with Crippen LogP contribution in [-0.4, -0.2) is 50.2 Å². The summed E-state index contributed by atoms with van der Waals surface area (Å²) in [5, 5.41) is 0. The number of hydrogen-bond donors (Lipinski definition) is 0. The lowest BCUT2D eigenvalue weighted by molar-refractivity contribution is 0.0674. The molecule has 136 valence electrons. The summed E-state index contributed by atoms with van der Waals surface area (Å²) in [5.74, 6) is 1.89. The predicted molar refractivity (Wildman–Crippen MR) is 101 cm³/mol. The molecule has 0 N–H and O–H groups in total. The topological polar surface area (TPSA) is 42.0 Å². The standard InChI is InChI=1S/C21H24N2O3/c1-15-14-22(18-5-3-4-6-20(18)25-2)10-11-23(15)21(24)17-7-8-19-16(13-17)9-12-26-19/h3-8,13,15H,9-12,14H2,1-2H3/t15-/m0/s1. The van der Waals surface area contributed by atoms with Crippen molar-refractivity contribution in [1.82, 2.24) is 4.90 Å². The van der Waals surface area contributed by atoms with Crippen molar-refractivity contribution >= 4 is 11.6 Å². The van der Waals surface area contributed by atoms with Gasteiger partial charge in [-0.25, -0.2) is 0 Å². The molecule has 5 heteroatoms. The first-order chi connectivity index (χ1) is 12.7. The normalized spacial score (nSPS) is 19.1. The Kier molecular flexibility index (Phi) is 4.45. The molecule has 1 atom stereocenters. The largest absolute Gasteiger partial charge is 0.495 e. The number of nitrogens with zero attached hydrogens (tertiary/aromatic N) is 2. The van der Waals surface area contributed by atoms with Crippen molar-refractivity contribution in [3.63, 3.8) is 0 Å². The second-order valence-corrected chi connectivity index (χ2v) is 6.89. The van der Waals surface area contributed by atoms with Crippen molar-refractivity contribution in [2.45, 2.75) is 19.4 Å². The molecule has 5 nitrogen and oxygen atoms in total. The average molecular weight is 352 g/mol. The molecule has 2 aliphatic rings. The molecule has 2 aliphatic heterocycles. The predicted octanol–water partition coefficient (Wildman–Crippen LogP) is 2.98. The lowest BCUT2D eigenvalue weighted by atomic mass is 10.1. The molecule has 2 heterocycles. The van der Waals surface area contributed by atoms with E-state index in [4.69, 9.17) is 9.47 Å². The van der Waals surface area contributed by atoms with Gasteiger partial charge in [0.1, 0.15) is 11.5 Å². The molecule has 0 spiro atoms. The number of hydrogen-bond acceptors (Lipinski definition) is 4. The number of piperazine rings is 1. The van der Waals surface area contributed by atoms with Crippen LogP contribution in [0.2, 0.25) is 0 Å². The zero-order chi connectivity index (χ0) is 18.1. The molecule has 0 bridgehead atoms. The van der Waals surface area contributed by atoms with Gasteiger partial charge in [-0.2, -0.15) is 0 Å². The fraction of sp³-hybridized carbons (Fsp3) is 0.381. The van der Waals surface area contributed by atoms with Gasteiger partial charge in [0.25, 0.3) is 5.91 Å². The number of anilines is 1. The number of rotatable bonds is 3. The van der Waals surface area contributed by atoms with Crippen molar-refractivity contribution in [2.24, 2.45) is 0 Å². The zero-order valence-corrected chi connectivity index (χ0v) is 15.3. The molecule has 1 amide bonds. The Morgan fingerprint density at radius 2 is 2.04 bits per heavy atom. The third-order valence-electron chi connectivity index (χ3n) is 5.25. The number of para-hydroxylation sites is 2. The monoisotopic (exact) mass is 352 g/mol. The number of methoxy groups -OCH3 is 1. The summed E-state index contributed by atoms with van der Waals surface area (Å²) in [6, 6.07) is 14.0. The summed E-state index contributed by atoms with van der Waals surface area (Å²) in [6.07, 6.45) is 0.883. The minimum Gasteiger partial charge on any atom is -0.495 e. The van der Waals surface area contributed by atoms with E-state index in [2.05, 4.69) is 17.9 Å². The maximum absolute atomic E-state index is 13.0. The third kappa shape index (κ3) is 2.98. The van der Waals surface area contributed by atoms with Gasteiger partial charge in [0.2, 0.25) is 0 Å². The van der Waals surface area contributed by atoms with Crippen LogP contribution in [0.4, 0.5) is 5.69 Å². The van der Waals surface area contributed by atoms with E-state index in [-0.39, 0.29) is 11.9 Å². The second-order valence-electron chi connectivity index (χ2n) is 6.89. The van der Waals surface area contributed by atoms with Crippen molar-refractivity contribution in [2.75, 3.05) is 38.3 Å². The van der Waals surface area contributed by atoms with Gasteiger partial charge in [-0.05, 0) is 42.8 Å². The molecule has 2 aromatic carbocycles. The van der Waals surface area contributed by atoms with Crippen LogP contribution in [-0.2, 0) is 6.42 Å². The quantitative estimate of drug-likeness (QED) is 0.852. The van der Waals surface area contributed by atoms with E-state index >= 15 is 0 Å². The summed E-state index contributed by atoms with van der Waals surface area (Å²) in [5.41, 5.74) is 2.98. The summed E-state index contributed by atoms with van der Waals surface area (Å²) < 4.78 is 11.0. The van der Waals surface area contributed by atoms with Gasteiger partial charge >= 0.3 is 0 Å². The Balaban J connectivity index is 1.49. The molecule has 0 saturated carbocycles. The molecule has 0 aliphatic carbocycles. The van der Waals surface area contributed by atoms with Crippen LogP contribution in [0.25, 0.3) is 0 Å². The van der Waals surface area contributed by atoms with Crippen molar-refractivity contribution in [3.8, 4) is 11.5 Å². The molecule has 0 radical (unpaired) electrons. The van der Waals surface area contributed by atoms with E-state index in [9.17, 15) is 4.79 Å². The van der Waals surface area contributed by atoms with Crippen LogP contribution in [0.15, 0.2) is 42.5 Å². The fourth-order valence-corrected chi connectivity index (χ4v) is 3.85. The van der Waals surface area contributed by atoms with E-state index in [0.29, 0.717) is 13.2 Å². The second kappa shape index (κ2) is 6.90. The summed E-state index contributed by atoms with van der Waals surface area (Å²) in [4.78, 5) is 17.3. The first-order valence-corrected chi connectivity index (χ1v) is 9.12. The Bertz CT molecular complexity index is 821. The molecular weight excluding hydrogens is 328 g/mol. The van der Waals surface area contributed by atoms with Crippen LogP contribution in [0, 0.1) is 0 Å². The molecule has 2 aromatic rings. The van der Waals surface area contributed by atoms with Gasteiger partial charge in [-0.15, -0.1) is 0 Å². The highest BCUT2D eigenvalue weighted by atomic mass is 16.5. The fourth-order valence-electron chi connectivity index (χ4n) is 3.85. The molecule has 1 fully saturated rings. The van der Waals surface area contributed by atoms with E-state index in [0.717, 1.165) is 47.8 Å². The van der Waals surface area contributed by atoms with Gasteiger partial charge < -0.3 is 19.3 Å². The third-order valence-corrected chi connectivity index (χ3v) is 5.25. The molecule has 26 heavy (non-hydrogen) atoms. The molecule has 0 aromatic heterocycles. The zero-order valence-electron chi connectivity index (χ0n) is 15.3.